The third-order valence-corrected chi connectivity index (χ3v) is 4.58. The summed E-state index contributed by atoms with van der Waals surface area (Å²) in [6.07, 6.45) is 6.35. The van der Waals surface area contributed by atoms with Crippen molar-refractivity contribution in [3.8, 4) is 0 Å². The third kappa shape index (κ3) is 3.59. The van der Waals surface area contributed by atoms with Crippen LogP contribution in [0.25, 0.3) is 5.65 Å². The molecule has 0 saturated carbocycles. The van der Waals surface area contributed by atoms with E-state index in [0.717, 1.165) is 32.0 Å². The van der Waals surface area contributed by atoms with Crippen LogP contribution < -0.4 is 10.2 Å². The van der Waals surface area contributed by atoms with Crippen LogP contribution in [0.4, 0.5) is 15.9 Å². The molecule has 0 aromatic carbocycles. The molecule has 4 rings (SSSR count). The number of hydrogen-bond donors (Lipinski definition) is 1. The van der Waals surface area contributed by atoms with Crippen LogP contribution in [0.3, 0.4) is 0 Å². The van der Waals surface area contributed by atoms with Gasteiger partial charge in [-0.2, -0.15) is 0 Å². The molecule has 3 aromatic heterocycles. The van der Waals surface area contributed by atoms with E-state index in [1.54, 1.807) is 29.9 Å². The van der Waals surface area contributed by atoms with Crippen LogP contribution in [0.5, 0.6) is 0 Å². The predicted octanol–water partition coefficient (Wildman–Crippen LogP) is 1.58. The number of aromatic nitrogens is 4. The Kier molecular flexibility index (Phi) is 4.44. The zero-order valence-electron chi connectivity index (χ0n) is 15.2. The predicted molar refractivity (Wildman–Crippen MR) is 99.6 cm³/mol. The maximum Gasteiger partial charge on any atom is 0.275 e. The number of halogens is 1. The van der Waals surface area contributed by atoms with Crippen molar-refractivity contribution in [3.05, 3.63) is 48.1 Å². The fourth-order valence-electron chi connectivity index (χ4n) is 3.08. The summed E-state index contributed by atoms with van der Waals surface area (Å²) in [7, 11) is 2.09. The lowest BCUT2D eigenvalue weighted by Crippen LogP contribution is -2.44. The Labute approximate surface area is 155 Å². The van der Waals surface area contributed by atoms with Gasteiger partial charge in [0.2, 0.25) is 0 Å². The first kappa shape index (κ1) is 17.3. The summed E-state index contributed by atoms with van der Waals surface area (Å²) in [5.74, 6) is -0.193. The smallest absolute Gasteiger partial charge is 0.275 e. The first-order valence-electron chi connectivity index (χ1n) is 8.71. The Bertz CT molecular complexity index is 977. The van der Waals surface area contributed by atoms with Crippen molar-refractivity contribution in [2.75, 3.05) is 43.4 Å². The van der Waals surface area contributed by atoms with Gasteiger partial charge in [-0.3, -0.25) is 4.79 Å². The number of aryl methyl sites for hydroxylation is 1. The van der Waals surface area contributed by atoms with Crippen molar-refractivity contribution in [3.63, 3.8) is 0 Å². The topological polar surface area (TPSA) is 78.7 Å². The molecule has 0 radical (unpaired) electrons. The molecule has 0 unspecified atom stereocenters. The summed E-state index contributed by atoms with van der Waals surface area (Å²) in [5, 5.41) is 2.65. The number of amides is 1. The lowest BCUT2D eigenvalue weighted by Gasteiger charge is -2.32. The zero-order valence-corrected chi connectivity index (χ0v) is 15.2. The summed E-state index contributed by atoms with van der Waals surface area (Å²) >= 11 is 0. The monoisotopic (exact) mass is 369 g/mol. The van der Waals surface area contributed by atoms with E-state index >= 15 is 0 Å². The number of nitrogens with one attached hydrogen (secondary N) is 1. The van der Waals surface area contributed by atoms with Crippen LogP contribution in [-0.2, 0) is 0 Å². The lowest BCUT2D eigenvalue weighted by molar-refractivity contribution is 0.102. The van der Waals surface area contributed by atoms with E-state index in [1.165, 1.54) is 12.3 Å². The van der Waals surface area contributed by atoms with Crippen LogP contribution >= 0.6 is 0 Å². The summed E-state index contributed by atoms with van der Waals surface area (Å²) in [5.41, 5.74) is 1.42. The number of imidazole rings is 1. The Balaban J connectivity index is 1.48. The number of hydrogen-bond acceptors (Lipinski definition) is 6. The molecule has 0 bridgehead atoms. The summed E-state index contributed by atoms with van der Waals surface area (Å²) in [4.78, 5) is 29.5. The van der Waals surface area contributed by atoms with Crippen molar-refractivity contribution in [2.45, 2.75) is 6.92 Å². The Morgan fingerprint density at radius 2 is 1.93 bits per heavy atom. The van der Waals surface area contributed by atoms with E-state index in [9.17, 15) is 9.18 Å². The molecule has 27 heavy (non-hydrogen) atoms. The van der Waals surface area contributed by atoms with Crippen LogP contribution in [0.15, 0.2) is 30.9 Å². The van der Waals surface area contributed by atoms with Crippen LogP contribution in [0.2, 0.25) is 0 Å². The van der Waals surface area contributed by atoms with Crippen LogP contribution in [-0.4, -0.2) is 63.4 Å². The molecule has 9 heteroatoms. The molecule has 0 spiro atoms. The molecule has 0 aliphatic carbocycles. The van der Waals surface area contributed by atoms with Gasteiger partial charge in [-0.15, -0.1) is 0 Å². The minimum atomic E-state index is -0.502. The average molecular weight is 369 g/mol. The lowest BCUT2D eigenvalue weighted by atomic mass is 10.3. The molecule has 1 N–H and O–H groups in total. The quantitative estimate of drug-likeness (QED) is 0.755. The molecule has 1 aliphatic rings. The maximum absolute atomic E-state index is 14.1. The number of anilines is 2. The number of piperazine rings is 1. The second-order valence-electron chi connectivity index (χ2n) is 6.69. The molecule has 0 atom stereocenters. The van der Waals surface area contributed by atoms with E-state index in [2.05, 4.69) is 37.1 Å². The number of carbonyl (C=O) groups excluding carboxylic acids is 1. The van der Waals surface area contributed by atoms with Gasteiger partial charge in [0.05, 0.1) is 23.8 Å². The number of rotatable bonds is 3. The minimum absolute atomic E-state index is 0.176. The highest BCUT2D eigenvalue weighted by molar-refractivity contribution is 6.02. The normalized spacial score (nSPS) is 15.3. The van der Waals surface area contributed by atoms with Gasteiger partial charge in [-0.25, -0.2) is 19.3 Å². The van der Waals surface area contributed by atoms with Crippen molar-refractivity contribution < 1.29 is 9.18 Å². The van der Waals surface area contributed by atoms with Gasteiger partial charge in [-0.05, 0) is 14.0 Å². The molecular weight excluding hydrogens is 349 g/mol. The van der Waals surface area contributed by atoms with E-state index in [-0.39, 0.29) is 11.3 Å². The highest BCUT2D eigenvalue weighted by Crippen LogP contribution is 2.17. The van der Waals surface area contributed by atoms with Crippen molar-refractivity contribution in [2.24, 2.45) is 0 Å². The Hall–Kier alpha value is -3.07. The first-order valence-corrected chi connectivity index (χ1v) is 8.71. The standard InChI is InChI=1S/C18H20FN7O/c1-12-10-26-11-13(7-14(19)17(26)22-12)23-18(27)15-8-21-16(9-20-15)25-5-3-24(2)4-6-25/h7-11H,3-6H2,1-2H3,(H,23,27). The van der Waals surface area contributed by atoms with Gasteiger partial charge in [0.25, 0.3) is 5.91 Å². The Morgan fingerprint density at radius 1 is 1.15 bits per heavy atom. The molecule has 1 saturated heterocycles. The maximum atomic E-state index is 14.1. The number of fused-ring (bicyclic) bond motifs is 1. The SMILES string of the molecule is Cc1cn2cc(NC(=O)c3cnc(N4CCN(C)CC4)cn3)cc(F)c2n1. The molecule has 3 aromatic rings. The number of pyridine rings is 1. The van der Waals surface area contributed by atoms with Gasteiger partial charge >= 0.3 is 0 Å². The molecule has 8 nitrogen and oxygen atoms in total. The van der Waals surface area contributed by atoms with Crippen molar-refractivity contribution >= 4 is 23.1 Å². The minimum Gasteiger partial charge on any atom is -0.353 e. The largest absolute Gasteiger partial charge is 0.353 e. The zero-order chi connectivity index (χ0) is 19.0. The van der Waals surface area contributed by atoms with Gasteiger partial charge < -0.3 is 19.5 Å². The summed E-state index contributed by atoms with van der Waals surface area (Å²) in [6.45, 7) is 5.46. The first-order chi connectivity index (χ1) is 13.0. The fraction of sp³-hybridized carbons (Fsp3) is 0.333. The van der Waals surface area contributed by atoms with Gasteiger partial charge in [0.1, 0.15) is 11.5 Å². The molecule has 140 valence electrons. The number of likely N-dealkylation sites (N-methyl/N-ethyl adjacent to an activating group) is 1. The molecule has 1 amide bonds. The number of nitrogens with zero attached hydrogens (tertiary/aromatic N) is 6. The molecule has 1 fully saturated rings. The highest BCUT2D eigenvalue weighted by atomic mass is 19.1. The van der Waals surface area contributed by atoms with Gasteiger partial charge in [-0.1, -0.05) is 0 Å². The van der Waals surface area contributed by atoms with E-state index < -0.39 is 11.7 Å². The summed E-state index contributed by atoms with van der Waals surface area (Å²) in [6, 6.07) is 1.24. The molecule has 4 heterocycles. The average Bonchev–Trinajstić information content (AvgIpc) is 3.03. The van der Waals surface area contributed by atoms with Crippen LogP contribution in [0.1, 0.15) is 16.2 Å². The van der Waals surface area contributed by atoms with Gasteiger partial charge in [0, 0.05) is 44.6 Å². The van der Waals surface area contributed by atoms with Crippen molar-refractivity contribution in [1.29, 1.82) is 0 Å². The van der Waals surface area contributed by atoms with E-state index in [4.69, 9.17) is 0 Å². The fourth-order valence-corrected chi connectivity index (χ4v) is 3.08. The second-order valence-corrected chi connectivity index (χ2v) is 6.69. The van der Waals surface area contributed by atoms with E-state index in [1.807, 2.05) is 0 Å². The highest BCUT2D eigenvalue weighted by Gasteiger charge is 2.17. The second kappa shape index (κ2) is 6.92. The van der Waals surface area contributed by atoms with E-state index in [0.29, 0.717) is 11.4 Å². The molecular formula is C18H20FN7O. The summed E-state index contributed by atoms with van der Waals surface area (Å²) < 4.78 is 15.7. The van der Waals surface area contributed by atoms with Crippen molar-refractivity contribution in [1.82, 2.24) is 24.3 Å². The molecule has 1 aliphatic heterocycles. The number of carbonyl (C=O) groups is 1. The van der Waals surface area contributed by atoms with Crippen LogP contribution in [0, 0.1) is 12.7 Å². The van der Waals surface area contributed by atoms with Gasteiger partial charge in [0.15, 0.2) is 11.5 Å². The Morgan fingerprint density at radius 3 is 2.63 bits per heavy atom. The third-order valence-electron chi connectivity index (χ3n) is 4.58.